The van der Waals surface area contributed by atoms with E-state index in [0.717, 1.165) is 158 Å². The van der Waals surface area contributed by atoms with Crippen molar-refractivity contribution in [1.82, 2.24) is 29.9 Å². The van der Waals surface area contributed by atoms with Crippen LogP contribution in [0.5, 0.6) is 0 Å². The molecule has 0 radical (unpaired) electrons. The van der Waals surface area contributed by atoms with Gasteiger partial charge in [0.2, 0.25) is 0 Å². The van der Waals surface area contributed by atoms with Crippen LogP contribution in [0.25, 0.3) is 136 Å². The summed E-state index contributed by atoms with van der Waals surface area (Å²) in [4.78, 5) is 31.5. The summed E-state index contributed by atoms with van der Waals surface area (Å²) in [5, 5.41) is 0. The number of hydrogen-bond donors (Lipinski definition) is 2. The molecule has 15 rings (SSSR count). The van der Waals surface area contributed by atoms with Gasteiger partial charge in [0, 0.05) is 144 Å². The van der Waals surface area contributed by atoms with Gasteiger partial charge < -0.3 is 9.97 Å². The van der Waals surface area contributed by atoms with Crippen molar-refractivity contribution in [3.63, 3.8) is 0 Å². The van der Waals surface area contributed by atoms with Gasteiger partial charge in [0.05, 0.1) is 50.6 Å². The van der Waals surface area contributed by atoms with E-state index in [9.17, 15) is 0 Å². The van der Waals surface area contributed by atoms with Crippen molar-refractivity contribution in [2.24, 2.45) is 0 Å². The second-order valence-corrected chi connectivity index (χ2v) is 35.9. The standard InChI is InChI=1S/C133H112N6/c1-7-10-13-16-19-22-25-28-31-32-33-34-35-36-37-38-39-40-41-42-43-44-45-46-47-50-53-56-59-72-97-132(6)113-81-70-68-79-108(113)110-87-84-106(100-115(110)132)125-119-91-89-117(134-119)103(5)118-90-92-120(135-118)126(122-94-96-124(137-122)127(123-95-93-121(125)136-123)112-86-83-102(4)128-131(112)139-130(105-77-66-63-67-78-105)129(138-128)104-75-64-62-65-76-104)107-85-88-111-109-80-69-71-82-114(109)133(116(111)101-107,98-73-60-57-54-51-48-29-26-23-20-17-14-11-8-2)99-74-61-58-55-52-49-30-27-24-21-18-15-12-9-3/h1,62-71,75-96,100-101,134,137H,8-9,11-12,14-15,17-18,20-21,23-24,26-27,29-30,48-49,51-52,54-55,57-58,60-61,73-74,98-99H2,2-6H3. The van der Waals surface area contributed by atoms with Crippen molar-refractivity contribution in [1.29, 1.82) is 0 Å². The SMILES string of the molecule is C#CC#CC#CC#CC#CC#CC#CC#CC#CC#CC#CC#CC#CC#CC#CC#CC1(C)c2ccccc2-c2ccc(-c3c4nc(c(-c5ccc(C)c6nc(-c7ccccc7)c(-c7ccccc7)nc56)c5ccc([nH]5)c(-c5ccc6c(c5)C(CCCCCCCCCCCCCCCC)(CCCCCCCCCCCCCCCC)c5ccccc5-6)c5nc(c(C)c6ccc3[nH]6)C=C5)C=C4)cc21. The Morgan fingerprint density at radius 3 is 1.04 bits per heavy atom. The summed E-state index contributed by atoms with van der Waals surface area (Å²) in [7, 11) is 0. The average Bonchev–Trinajstić information content (AvgIpc) is 1.56. The van der Waals surface area contributed by atoms with E-state index in [-0.39, 0.29) is 5.41 Å². The van der Waals surface area contributed by atoms with E-state index in [0.29, 0.717) is 0 Å². The minimum absolute atomic E-state index is 0.154. The molecule has 0 saturated heterocycles. The zero-order chi connectivity index (χ0) is 95.7. The van der Waals surface area contributed by atoms with Crippen LogP contribution in [-0.4, -0.2) is 29.9 Å². The first-order valence-corrected chi connectivity index (χ1v) is 49.7. The van der Waals surface area contributed by atoms with E-state index in [1.165, 1.54) is 202 Å². The molecule has 6 nitrogen and oxygen atoms in total. The van der Waals surface area contributed by atoms with E-state index in [4.69, 9.17) is 26.4 Å². The first-order chi connectivity index (χ1) is 68.7. The lowest BCUT2D eigenvalue weighted by Crippen LogP contribution is -2.25. The van der Waals surface area contributed by atoms with Gasteiger partial charge in [-0.3, -0.25) is 0 Å². The normalized spacial score (nSPS) is 12.1. The number of aryl methyl sites for hydroxylation is 2. The number of nitrogens with one attached hydrogen (secondary N) is 2. The molecule has 7 aromatic carbocycles. The monoisotopic (exact) mass is 1790 g/mol. The van der Waals surface area contributed by atoms with Crippen molar-refractivity contribution in [2.75, 3.05) is 0 Å². The first kappa shape index (κ1) is 97.0. The highest BCUT2D eigenvalue weighted by molar-refractivity contribution is 6.05. The van der Waals surface area contributed by atoms with Crippen molar-refractivity contribution >= 4 is 57.4 Å². The Morgan fingerprint density at radius 2 is 0.590 bits per heavy atom. The van der Waals surface area contributed by atoms with Crippen LogP contribution in [0.1, 0.15) is 270 Å². The molecule has 4 aromatic heterocycles. The smallest absolute Gasteiger partial charge is 0.0977 e. The fraction of sp³-hybridized carbons (Fsp3) is 0.278. The molecule has 0 amide bonds. The summed E-state index contributed by atoms with van der Waals surface area (Å²) in [6.07, 6.45) is 53.6. The number of fused-ring (bicyclic) bond motifs is 15. The summed E-state index contributed by atoms with van der Waals surface area (Å²) >= 11 is 0. The van der Waals surface area contributed by atoms with Gasteiger partial charge in [-0.1, -0.05) is 345 Å². The average molecular weight is 1790 g/mol. The lowest BCUT2D eigenvalue weighted by Gasteiger charge is -2.33. The van der Waals surface area contributed by atoms with Crippen LogP contribution in [0.4, 0.5) is 0 Å². The lowest BCUT2D eigenvalue weighted by atomic mass is 9.70. The topological polar surface area (TPSA) is 83.1 Å². The Bertz CT molecular complexity index is 7800. The number of aromatic amines is 2. The van der Waals surface area contributed by atoms with Gasteiger partial charge in [-0.25, -0.2) is 19.9 Å². The van der Waals surface area contributed by atoms with Gasteiger partial charge in [0.25, 0.3) is 0 Å². The van der Waals surface area contributed by atoms with Crippen molar-refractivity contribution in [3.8, 4) is 268 Å². The molecule has 0 spiro atoms. The Hall–Kier alpha value is -16.6. The van der Waals surface area contributed by atoms with Crippen molar-refractivity contribution in [2.45, 2.75) is 238 Å². The number of unbranched alkanes of at least 4 members (excludes halogenated alkanes) is 26. The molecule has 2 N–H and O–H groups in total. The molecule has 8 bridgehead atoms. The van der Waals surface area contributed by atoms with Gasteiger partial charge in [-0.05, 0) is 256 Å². The van der Waals surface area contributed by atoms with Crippen molar-refractivity contribution < 1.29 is 0 Å². The molecule has 0 fully saturated rings. The van der Waals surface area contributed by atoms with E-state index >= 15 is 0 Å². The zero-order valence-electron chi connectivity index (χ0n) is 80.7. The minimum atomic E-state index is -0.780. The molecule has 11 aromatic rings. The van der Waals surface area contributed by atoms with Crippen molar-refractivity contribution in [3.05, 3.63) is 238 Å². The van der Waals surface area contributed by atoms with Crippen LogP contribution in [-0.2, 0) is 10.8 Å². The van der Waals surface area contributed by atoms with Crippen LogP contribution in [0.2, 0.25) is 0 Å². The van der Waals surface area contributed by atoms with Gasteiger partial charge in [0.15, 0.2) is 0 Å². The molecule has 2 aliphatic carbocycles. The molecular weight excluding hydrogens is 1680 g/mol. The molecule has 674 valence electrons. The van der Waals surface area contributed by atoms with Gasteiger partial charge >= 0.3 is 0 Å². The maximum absolute atomic E-state index is 5.94. The molecule has 1 atom stereocenters. The maximum Gasteiger partial charge on any atom is 0.0977 e. The molecule has 1 unspecified atom stereocenters. The van der Waals surface area contributed by atoms with Crippen LogP contribution in [0.3, 0.4) is 0 Å². The first-order valence-electron chi connectivity index (χ1n) is 49.7. The third kappa shape index (κ3) is 25.0. The molecule has 139 heavy (non-hydrogen) atoms. The molecule has 6 heterocycles. The quantitative estimate of drug-likeness (QED) is 0.0306. The molecule has 6 heteroatoms. The van der Waals surface area contributed by atoms with Crippen LogP contribution < -0.4 is 0 Å². The largest absolute Gasteiger partial charge is 0.355 e. The number of terminal acetylenes is 1. The third-order valence-electron chi connectivity index (χ3n) is 26.6. The molecule has 2 aliphatic heterocycles. The number of hydrogen-bond acceptors (Lipinski definition) is 4. The highest BCUT2D eigenvalue weighted by atomic mass is 14.8. The highest BCUT2D eigenvalue weighted by Crippen LogP contribution is 2.56. The van der Waals surface area contributed by atoms with E-state index in [1.807, 2.05) is 0 Å². The Balaban J connectivity index is 0.790. The maximum atomic E-state index is 5.94. The summed E-state index contributed by atoms with van der Waals surface area (Å²) in [5.41, 5.74) is 29.1. The predicted molar refractivity (Wildman–Crippen MR) is 582 cm³/mol. The van der Waals surface area contributed by atoms with E-state index in [2.05, 4.69) is 434 Å². The summed E-state index contributed by atoms with van der Waals surface area (Å²) in [6.45, 7) is 11.1. The number of benzene rings is 7. The van der Waals surface area contributed by atoms with Crippen LogP contribution in [0.15, 0.2) is 182 Å². The van der Waals surface area contributed by atoms with Crippen LogP contribution >= 0.6 is 0 Å². The Kier molecular flexibility index (Phi) is 35.4. The third-order valence-corrected chi connectivity index (χ3v) is 26.6. The number of H-pyrrole nitrogens is 2. The van der Waals surface area contributed by atoms with Crippen LogP contribution in [0, 0.1) is 204 Å². The number of aromatic nitrogens is 6. The van der Waals surface area contributed by atoms with Gasteiger partial charge in [-0.15, -0.1) is 6.42 Å². The minimum Gasteiger partial charge on any atom is -0.355 e. The summed E-state index contributed by atoms with van der Waals surface area (Å²) in [6, 6.07) is 66.5. The number of nitrogens with zero attached hydrogens (tertiary/aromatic N) is 4. The molecular formula is C133H112N6. The Morgan fingerprint density at radius 1 is 0.266 bits per heavy atom. The molecule has 4 aliphatic rings. The fourth-order valence-electron chi connectivity index (χ4n) is 19.6. The second kappa shape index (κ2) is 50.7. The lowest BCUT2D eigenvalue weighted by molar-refractivity contribution is 0.397. The fourth-order valence-corrected chi connectivity index (χ4v) is 19.6. The summed E-state index contributed by atoms with van der Waals surface area (Å²) in [5.74, 6) is 82.2. The van der Waals surface area contributed by atoms with Gasteiger partial charge in [0.1, 0.15) is 0 Å². The Labute approximate surface area is 825 Å². The predicted octanol–water partition coefficient (Wildman–Crippen LogP) is 29.5. The van der Waals surface area contributed by atoms with E-state index in [1.54, 1.807) is 0 Å². The summed E-state index contributed by atoms with van der Waals surface area (Å²) < 4.78 is 0. The zero-order valence-corrected chi connectivity index (χ0v) is 80.7. The highest BCUT2D eigenvalue weighted by Gasteiger charge is 2.43. The van der Waals surface area contributed by atoms with Gasteiger partial charge in [-0.2, -0.15) is 0 Å². The second-order valence-electron chi connectivity index (χ2n) is 35.9. The molecule has 0 saturated carbocycles. The van der Waals surface area contributed by atoms with E-state index < -0.39 is 5.41 Å². The number of rotatable bonds is 35.